The van der Waals surface area contributed by atoms with Gasteiger partial charge in [0.25, 0.3) is 0 Å². The topological polar surface area (TPSA) is 77.9 Å². The number of hydrogen-bond acceptors (Lipinski definition) is 5. The quantitative estimate of drug-likeness (QED) is 0.790. The van der Waals surface area contributed by atoms with Crippen molar-refractivity contribution in [2.45, 2.75) is 25.3 Å². The number of nitrogens with zero attached hydrogens (tertiary/aromatic N) is 2. The van der Waals surface area contributed by atoms with Gasteiger partial charge in [-0.2, -0.15) is 11.8 Å². The molecule has 0 aromatic heterocycles. The molecule has 0 bridgehead atoms. The van der Waals surface area contributed by atoms with Crippen molar-refractivity contribution >= 4 is 27.8 Å². The lowest BCUT2D eigenvalue weighted by Crippen LogP contribution is -2.49. The number of carboxylic acid groups (broad SMARTS) is 1. The van der Waals surface area contributed by atoms with Gasteiger partial charge in [0.05, 0.1) is 12.7 Å². The summed E-state index contributed by atoms with van der Waals surface area (Å²) in [6.45, 7) is 2.90. The molecule has 0 saturated carbocycles. The Kier molecular flexibility index (Phi) is 5.93. The van der Waals surface area contributed by atoms with Gasteiger partial charge in [0.1, 0.15) is 0 Å². The summed E-state index contributed by atoms with van der Waals surface area (Å²) < 4.78 is 24.9. The van der Waals surface area contributed by atoms with Crippen molar-refractivity contribution in [2.75, 3.05) is 43.9 Å². The molecule has 2 fully saturated rings. The van der Waals surface area contributed by atoms with E-state index in [2.05, 4.69) is 4.90 Å². The Labute approximate surface area is 130 Å². The van der Waals surface area contributed by atoms with Crippen molar-refractivity contribution in [3.63, 3.8) is 0 Å². The summed E-state index contributed by atoms with van der Waals surface area (Å²) in [6.07, 6.45) is 3.36. The van der Waals surface area contributed by atoms with Crippen molar-refractivity contribution in [3.05, 3.63) is 0 Å². The number of rotatable bonds is 5. The highest BCUT2D eigenvalue weighted by Crippen LogP contribution is 2.24. The molecule has 2 unspecified atom stereocenters. The number of thioether (sulfide) groups is 1. The second-order valence-electron chi connectivity index (χ2n) is 5.95. The fraction of sp³-hybridized carbons (Fsp3) is 0.923. The van der Waals surface area contributed by atoms with E-state index < -0.39 is 16.0 Å². The molecule has 2 saturated heterocycles. The monoisotopic (exact) mass is 336 g/mol. The minimum Gasteiger partial charge on any atom is -0.481 e. The minimum atomic E-state index is -3.12. The van der Waals surface area contributed by atoms with Gasteiger partial charge in [-0.25, -0.2) is 12.7 Å². The van der Waals surface area contributed by atoms with Gasteiger partial charge in [-0.05, 0) is 18.8 Å². The van der Waals surface area contributed by atoms with Crippen LogP contribution in [0.4, 0.5) is 0 Å². The van der Waals surface area contributed by atoms with Gasteiger partial charge in [0, 0.05) is 43.7 Å². The number of carboxylic acids is 1. The predicted octanol–water partition coefficient (Wildman–Crippen LogP) is 0.550. The summed E-state index contributed by atoms with van der Waals surface area (Å²) in [6, 6.07) is 0.0786. The maximum absolute atomic E-state index is 11.7. The average molecular weight is 336 g/mol. The fourth-order valence-electron chi connectivity index (χ4n) is 3.13. The fourth-order valence-corrected chi connectivity index (χ4v) is 5.20. The summed E-state index contributed by atoms with van der Waals surface area (Å²) in [7, 11) is -3.12. The molecule has 2 atom stereocenters. The first kappa shape index (κ1) is 17.1. The van der Waals surface area contributed by atoms with Crippen molar-refractivity contribution < 1.29 is 18.3 Å². The lowest BCUT2D eigenvalue weighted by atomic mass is 9.98. The van der Waals surface area contributed by atoms with Crippen molar-refractivity contribution in [1.29, 1.82) is 0 Å². The molecular weight excluding hydrogens is 312 g/mol. The summed E-state index contributed by atoms with van der Waals surface area (Å²) in [4.78, 5) is 13.2. The van der Waals surface area contributed by atoms with Crippen LogP contribution in [-0.4, -0.2) is 78.7 Å². The Balaban J connectivity index is 1.93. The van der Waals surface area contributed by atoms with E-state index in [0.717, 1.165) is 37.4 Å². The minimum absolute atomic E-state index is 0.0786. The van der Waals surface area contributed by atoms with Crippen LogP contribution in [0.3, 0.4) is 0 Å². The third-order valence-electron chi connectivity index (χ3n) is 4.20. The molecule has 6 nitrogen and oxygen atoms in total. The maximum Gasteiger partial charge on any atom is 0.304 e. The van der Waals surface area contributed by atoms with Crippen LogP contribution in [0.2, 0.25) is 0 Å². The number of aliphatic carboxylic acids is 1. The first-order chi connectivity index (χ1) is 9.86. The van der Waals surface area contributed by atoms with E-state index in [4.69, 9.17) is 5.11 Å². The van der Waals surface area contributed by atoms with Crippen molar-refractivity contribution in [1.82, 2.24) is 9.21 Å². The molecule has 0 amide bonds. The Morgan fingerprint density at radius 2 is 2.14 bits per heavy atom. The first-order valence-corrected chi connectivity index (χ1v) is 10.4. The van der Waals surface area contributed by atoms with Crippen LogP contribution < -0.4 is 0 Å². The number of piperidine rings is 1. The van der Waals surface area contributed by atoms with Crippen molar-refractivity contribution in [2.24, 2.45) is 5.92 Å². The van der Waals surface area contributed by atoms with Gasteiger partial charge in [-0.15, -0.1) is 0 Å². The van der Waals surface area contributed by atoms with E-state index in [-0.39, 0.29) is 12.5 Å². The lowest BCUT2D eigenvalue weighted by molar-refractivity contribution is -0.138. The summed E-state index contributed by atoms with van der Waals surface area (Å²) in [5.74, 6) is 1.44. The standard InChI is InChI=1S/C13H24N2O4S2/c1-21(18,19)15-4-2-3-11(9-15)8-14-5-6-20-10-12(14)7-13(16)17/h11-12H,2-10H2,1H3,(H,16,17). The van der Waals surface area contributed by atoms with Gasteiger partial charge in [-0.1, -0.05) is 0 Å². The van der Waals surface area contributed by atoms with Gasteiger partial charge < -0.3 is 5.11 Å². The first-order valence-electron chi connectivity index (χ1n) is 7.35. The van der Waals surface area contributed by atoms with Crippen LogP contribution in [0.25, 0.3) is 0 Å². The molecule has 2 rings (SSSR count). The molecule has 122 valence electrons. The normalized spacial score (nSPS) is 29.4. The average Bonchev–Trinajstić information content (AvgIpc) is 2.40. The Morgan fingerprint density at radius 1 is 1.38 bits per heavy atom. The van der Waals surface area contributed by atoms with Gasteiger partial charge in [0.2, 0.25) is 10.0 Å². The Hall–Kier alpha value is -0.310. The second-order valence-corrected chi connectivity index (χ2v) is 9.08. The molecule has 2 aliphatic heterocycles. The summed E-state index contributed by atoms with van der Waals surface area (Å²) in [5.41, 5.74) is 0. The van der Waals surface area contributed by atoms with Crippen LogP contribution in [0.5, 0.6) is 0 Å². The van der Waals surface area contributed by atoms with E-state index in [1.807, 2.05) is 0 Å². The molecule has 0 spiro atoms. The smallest absolute Gasteiger partial charge is 0.304 e. The highest BCUT2D eigenvalue weighted by atomic mass is 32.2. The largest absolute Gasteiger partial charge is 0.481 e. The SMILES string of the molecule is CS(=O)(=O)N1CCCC(CN2CCSCC2CC(=O)O)C1. The highest BCUT2D eigenvalue weighted by Gasteiger charge is 2.31. The van der Waals surface area contributed by atoms with Crippen LogP contribution in [0, 0.1) is 5.92 Å². The molecule has 1 N–H and O–H groups in total. The van der Waals surface area contributed by atoms with Crippen LogP contribution >= 0.6 is 11.8 Å². The summed E-state index contributed by atoms with van der Waals surface area (Å²) in [5, 5.41) is 9.01. The molecule has 0 aliphatic carbocycles. The third kappa shape index (κ3) is 5.12. The number of carbonyl (C=O) groups is 1. The second kappa shape index (κ2) is 7.30. The number of sulfonamides is 1. The Bertz CT molecular complexity index is 469. The number of hydrogen-bond donors (Lipinski definition) is 1. The Morgan fingerprint density at radius 3 is 2.81 bits per heavy atom. The zero-order valence-corrected chi connectivity index (χ0v) is 14.0. The van der Waals surface area contributed by atoms with E-state index in [1.165, 1.54) is 6.26 Å². The van der Waals surface area contributed by atoms with Crippen LogP contribution in [0.1, 0.15) is 19.3 Å². The lowest BCUT2D eigenvalue weighted by Gasteiger charge is -2.39. The molecule has 0 aromatic carbocycles. The molecule has 21 heavy (non-hydrogen) atoms. The molecule has 0 aromatic rings. The van der Waals surface area contributed by atoms with E-state index in [0.29, 0.717) is 19.0 Å². The molecule has 2 aliphatic rings. The van der Waals surface area contributed by atoms with Crippen LogP contribution in [0.15, 0.2) is 0 Å². The molecule has 0 radical (unpaired) electrons. The zero-order valence-electron chi connectivity index (χ0n) is 12.4. The third-order valence-corrected chi connectivity index (χ3v) is 6.56. The zero-order chi connectivity index (χ0) is 15.5. The highest BCUT2D eigenvalue weighted by molar-refractivity contribution is 7.99. The maximum atomic E-state index is 11.7. The van der Waals surface area contributed by atoms with E-state index in [1.54, 1.807) is 16.1 Å². The van der Waals surface area contributed by atoms with Gasteiger partial charge in [-0.3, -0.25) is 9.69 Å². The molecule has 2 heterocycles. The molecular formula is C13H24N2O4S2. The van der Waals surface area contributed by atoms with E-state index >= 15 is 0 Å². The van der Waals surface area contributed by atoms with E-state index in [9.17, 15) is 13.2 Å². The van der Waals surface area contributed by atoms with Crippen molar-refractivity contribution in [3.8, 4) is 0 Å². The van der Waals surface area contributed by atoms with Gasteiger partial charge in [0.15, 0.2) is 0 Å². The van der Waals surface area contributed by atoms with Gasteiger partial charge >= 0.3 is 5.97 Å². The molecule has 8 heteroatoms. The predicted molar refractivity (Wildman–Crippen MR) is 84.1 cm³/mol. The summed E-state index contributed by atoms with van der Waals surface area (Å²) >= 11 is 1.80. The van der Waals surface area contributed by atoms with Crippen LogP contribution in [-0.2, 0) is 14.8 Å².